The molecule has 0 saturated carbocycles. The molecule has 3 heteroatoms. The minimum Gasteiger partial charge on any atom is -0.493 e. The van der Waals surface area contributed by atoms with Crippen molar-refractivity contribution in [3.63, 3.8) is 0 Å². The molecule has 1 aromatic carbocycles. The summed E-state index contributed by atoms with van der Waals surface area (Å²) in [6.45, 7) is 7.70. The number of nitrogens with two attached hydrogens (primary N) is 1. The first-order valence-electron chi connectivity index (χ1n) is 6.66. The lowest BCUT2D eigenvalue weighted by molar-refractivity contribution is 0.229. The van der Waals surface area contributed by atoms with Crippen molar-refractivity contribution < 1.29 is 9.84 Å². The highest BCUT2D eigenvalue weighted by Gasteiger charge is 2.11. The highest BCUT2D eigenvalue weighted by atomic mass is 16.5. The van der Waals surface area contributed by atoms with Gasteiger partial charge in [0.25, 0.3) is 0 Å². The normalized spacial score (nSPS) is 12.5. The minimum absolute atomic E-state index is 0.142. The smallest absolute Gasteiger partial charge is 0.122 e. The van der Waals surface area contributed by atoms with Crippen molar-refractivity contribution in [2.24, 2.45) is 11.7 Å². The third-order valence-corrected chi connectivity index (χ3v) is 3.41. The van der Waals surface area contributed by atoms with E-state index in [2.05, 4.69) is 26.8 Å². The first-order chi connectivity index (χ1) is 8.63. The average Bonchev–Trinajstić information content (AvgIpc) is 2.39. The molecule has 0 saturated heterocycles. The van der Waals surface area contributed by atoms with Crippen LogP contribution in [0, 0.1) is 19.8 Å². The maximum Gasteiger partial charge on any atom is 0.122 e. The van der Waals surface area contributed by atoms with Gasteiger partial charge in [0.15, 0.2) is 0 Å². The van der Waals surface area contributed by atoms with Gasteiger partial charge in [-0.25, -0.2) is 0 Å². The Kier molecular flexibility index (Phi) is 6.16. The Morgan fingerprint density at radius 1 is 1.28 bits per heavy atom. The molecule has 0 fully saturated rings. The first-order valence-corrected chi connectivity index (χ1v) is 6.66. The molecule has 0 radical (unpaired) electrons. The maximum atomic E-state index is 9.21. The Morgan fingerprint density at radius 3 is 2.56 bits per heavy atom. The Morgan fingerprint density at radius 2 is 2.00 bits per heavy atom. The van der Waals surface area contributed by atoms with Gasteiger partial charge in [-0.05, 0) is 61.9 Å². The van der Waals surface area contributed by atoms with Gasteiger partial charge < -0.3 is 15.6 Å². The summed E-state index contributed by atoms with van der Waals surface area (Å²) in [4.78, 5) is 0. The van der Waals surface area contributed by atoms with E-state index in [1.165, 1.54) is 16.7 Å². The monoisotopic (exact) mass is 251 g/mol. The molecule has 0 spiro atoms. The average molecular weight is 251 g/mol. The third-order valence-electron chi connectivity index (χ3n) is 3.41. The lowest BCUT2D eigenvalue weighted by Gasteiger charge is -2.17. The fourth-order valence-corrected chi connectivity index (χ4v) is 1.97. The molecular formula is C15H25NO2. The van der Waals surface area contributed by atoms with Crippen molar-refractivity contribution in [2.45, 2.75) is 33.6 Å². The summed E-state index contributed by atoms with van der Waals surface area (Å²) in [6.07, 6.45) is 1.84. The third kappa shape index (κ3) is 3.72. The zero-order valence-electron chi connectivity index (χ0n) is 11.7. The van der Waals surface area contributed by atoms with Crippen LogP contribution >= 0.6 is 0 Å². The fraction of sp³-hybridized carbons (Fsp3) is 0.600. The molecular weight excluding hydrogens is 226 g/mol. The van der Waals surface area contributed by atoms with Crippen LogP contribution in [0.5, 0.6) is 5.75 Å². The molecule has 0 aliphatic rings. The van der Waals surface area contributed by atoms with Crippen LogP contribution < -0.4 is 10.5 Å². The molecule has 1 unspecified atom stereocenters. The lowest BCUT2D eigenvalue weighted by Crippen LogP contribution is -2.21. The predicted molar refractivity (Wildman–Crippen MR) is 75.0 cm³/mol. The standard InChI is InChI=1S/C15H25NO2/c1-4-7-18-15-6-5-14(11(2)12(15)3)8-13(9-16)10-17/h5-6,13,17H,4,7-10,16H2,1-3H3. The van der Waals surface area contributed by atoms with Gasteiger partial charge >= 0.3 is 0 Å². The van der Waals surface area contributed by atoms with Gasteiger partial charge in [0.1, 0.15) is 5.75 Å². The van der Waals surface area contributed by atoms with E-state index in [9.17, 15) is 5.11 Å². The van der Waals surface area contributed by atoms with E-state index in [1.54, 1.807) is 0 Å². The van der Waals surface area contributed by atoms with Crippen LogP contribution in [0.2, 0.25) is 0 Å². The molecule has 102 valence electrons. The Labute approximate surface area is 110 Å². The lowest BCUT2D eigenvalue weighted by atomic mass is 9.94. The Hall–Kier alpha value is -1.06. The molecule has 0 aliphatic carbocycles. The summed E-state index contributed by atoms with van der Waals surface area (Å²) in [7, 11) is 0. The maximum absolute atomic E-state index is 9.21. The molecule has 0 bridgehead atoms. The van der Waals surface area contributed by atoms with Gasteiger partial charge in [-0.2, -0.15) is 0 Å². The number of benzene rings is 1. The highest BCUT2D eigenvalue weighted by Crippen LogP contribution is 2.25. The molecule has 1 atom stereocenters. The van der Waals surface area contributed by atoms with Gasteiger partial charge in [-0.15, -0.1) is 0 Å². The van der Waals surface area contributed by atoms with Crippen LogP contribution in [0.1, 0.15) is 30.0 Å². The first kappa shape index (κ1) is 15.0. The van der Waals surface area contributed by atoms with E-state index >= 15 is 0 Å². The van der Waals surface area contributed by atoms with Crippen LogP contribution in [0.4, 0.5) is 0 Å². The van der Waals surface area contributed by atoms with Crippen LogP contribution in [0.15, 0.2) is 12.1 Å². The summed E-state index contributed by atoms with van der Waals surface area (Å²) in [5.74, 6) is 1.11. The molecule has 0 heterocycles. The van der Waals surface area contributed by atoms with Gasteiger partial charge in [0.05, 0.1) is 6.61 Å². The number of aliphatic hydroxyl groups excluding tert-OH is 1. The fourth-order valence-electron chi connectivity index (χ4n) is 1.97. The number of hydrogen-bond acceptors (Lipinski definition) is 3. The zero-order chi connectivity index (χ0) is 13.5. The van der Waals surface area contributed by atoms with E-state index in [1.807, 2.05) is 6.07 Å². The van der Waals surface area contributed by atoms with Crippen molar-refractivity contribution in [1.29, 1.82) is 0 Å². The summed E-state index contributed by atoms with van der Waals surface area (Å²) in [5.41, 5.74) is 9.32. The van der Waals surface area contributed by atoms with Crippen LogP contribution in [0.25, 0.3) is 0 Å². The summed E-state index contributed by atoms with van der Waals surface area (Å²) >= 11 is 0. The largest absolute Gasteiger partial charge is 0.493 e. The summed E-state index contributed by atoms with van der Waals surface area (Å²) < 4.78 is 5.71. The van der Waals surface area contributed by atoms with Gasteiger partial charge in [-0.3, -0.25) is 0 Å². The molecule has 3 nitrogen and oxygen atoms in total. The van der Waals surface area contributed by atoms with E-state index in [4.69, 9.17) is 10.5 Å². The Balaban J connectivity index is 2.86. The van der Waals surface area contributed by atoms with Crippen LogP contribution in [-0.2, 0) is 6.42 Å². The highest BCUT2D eigenvalue weighted by molar-refractivity contribution is 5.43. The molecule has 3 N–H and O–H groups in total. The van der Waals surface area contributed by atoms with E-state index < -0.39 is 0 Å². The summed E-state index contributed by atoms with van der Waals surface area (Å²) in [6, 6.07) is 4.12. The number of aliphatic hydroxyl groups is 1. The molecule has 0 aromatic heterocycles. The topological polar surface area (TPSA) is 55.5 Å². The molecule has 18 heavy (non-hydrogen) atoms. The van der Waals surface area contributed by atoms with Gasteiger partial charge in [0.2, 0.25) is 0 Å². The SMILES string of the molecule is CCCOc1ccc(CC(CN)CO)c(C)c1C. The van der Waals surface area contributed by atoms with E-state index in [0.29, 0.717) is 6.54 Å². The van der Waals surface area contributed by atoms with Crippen molar-refractivity contribution in [3.05, 3.63) is 28.8 Å². The number of ether oxygens (including phenoxy) is 1. The second-order valence-corrected chi connectivity index (χ2v) is 4.81. The zero-order valence-corrected chi connectivity index (χ0v) is 11.7. The van der Waals surface area contributed by atoms with Crippen LogP contribution in [-0.4, -0.2) is 24.9 Å². The molecule has 0 amide bonds. The van der Waals surface area contributed by atoms with Gasteiger partial charge in [-0.1, -0.05) is 13.0 Å². The van der Waals surface area contributed by atoms with Crippen molar-refractivity contribution in [3.8, 4) is 5.75 Å². The number of rotatable bonds is 7. The minimum atomic E-state index is 0.142. The molecule has 1 aromatic rings. The van der Waals surface area contributed by atoms with E-state index in [-0.39, 0.29) is 12.5 Å². The van der Waals surface area contributed by atoms with Crippen molar-refractivity contribution >= 4 is 0 Å². The molecule has 0 aliphatic heterocycles. The summed E-state index contributed by atoms with van der Waals surface area (Å²) in [5, 5.41) is 9.21. The second kappa shape index (κ2) is 7.39. The number of hydrogen-bond donors (Lipinski definition) is 2. The van der Waals surface area contributed by atoms with Crippen LogP contribution in [0.3, 0.4) is 0 Å². The van der Waals surface area contributed by atoms with Crippen molar-refractivity contribution in [2.75, 3.05) is 19.8 Å². The van der Waals surface area contributed by atoms with Gasteiger partial charge in [0, 0.05) is 6.61 Å². The van der Waals surface area contributed by atoms with E-state index in [0.717, 1.165) is 25.2 Å². The Bertz CT molecular complexity index is 373. The van der Waals surface area contributed by atoms with Crippen molar-refractivity contribution in [1.82, 2.24) is 0 Å². The molecule has 1 rings (SSSR count). The predicted octanol–water partition coefficient (Wildman–Crippen LogP) is 2.20. The quantitative estimate of drug-likeness (QED) is 0.781. The second-order valence-electron chi connectivity index (χ2n) is 4.81.